The van der Waals surface area contributed by atoms with Crippen molar-refractivity contribution in [2.24, 2.45) is 0 Å². The predicted octanol–water partition coefficient (Wildman–Crippen LogP) is 5.56. The average molecular weight is 472 g/mol. The molecular weight excluding hydrogens is 437 g/mol. The van der Waals surface area contributed by atoms with Gasteiger partial charge < -0.3 is 15.4 Å². The summed E-state index contributed by atoms with van der Waals surface area (Å²) in [5, 5.41) is 8.18. The summed E-state index contributed by atoms with van der Waals surface area (Å²) in [4.78, 5) is 24.3. The van der Waals surface area contributed by atoms with Gasteiger partial charge in [-0.25, -0.2) is 9.18 Å². The van der Waals surface area contributed by atoms with Gasteiger partial charge in [0.2, 0.25) is 0 Å². The third-order valence-electron chi connectivity index (χ3n) is 4.29. The van der Waals surface area contributed by atoms with Crippen molar-refractivity contribution in [3.8, 4) is 11.5 Å². The van der Waals surface area contributed by atoms with Crippen LogP contribution in [-0.2, 0) is 9.53 Å². The molecule has 0 aliphatic rings. The van der Waals surface area contributed by atoms with E-state index in [1.165, 1.54) is 0 Å². The van der Waals surface area contributed by atoms with E-state index in [1.807, 2.05) is 19.6 Å². The Morgan fingerprint density at radius 3 is 2.30 bits per heavy atom. The molecule has 0 radical (unpaired) electrons. The van der Waals surface area contributed by atoms with Gasteiger partial charge in [-0.3, -0.25) is 10.1 Å². The van der Waals surface area contributed by atoms with Crippen LogP contribution in [0.2, 0.25) is 19.6 Å². The van der Waals surface area contributed by atoms with Crippen LogP contribution in [0, 0.1) is 11.5 Å². The van der Waals surface area contributed by atoms with Gasteiger partial charge in [0.05, 0.1) is 18.3 Å². The number of benzene rings is 1. The topological polar surface area (TPSA) is 79.5 Å². The molecule has 1 aromatic rings. The third-order valence-corrected chi connectivity index (χ3v) is 5.16. The number of hydrogen-bond acceptors (Lipinski definition) is 4. The molecule has 0 spiro atoms. The van der Waals surface area contributed by atoms with E-state index < -0.39 is 31.9 Å². The Labute approximate surface area is 197 Å². The molecule has 6 nitrogen and oxygen atoms in total. The van der Waals surface area contributed by atoms with Gasteiger partial charge in [0.15, 0.2) is 0 Å². The van der Waals surface area contributed by atoms with Gasteiger partial charge in [0.1, 0.15) is 13.9 Å². The summed E-state index contributed by atoms with van der Waals surface area (Å²) in [6, 6.07) is 6.05. The number of carbonyl (C=O) groups is 2. The summed E-state index contributed by atoms with van der Waals surface area (Å²) in [6.07, 6.45) is 2.32. The number of carbonyl (C=O) groups excluding carboxylic acids is 2. The standard InChI is InChI=1S/C25H34FN3O3Si/c1-8-9-10-16-32-25(31)28-22-13-11-21(12-14-22)24(20(4)27-19(3)18(2)26)29-23(30)15-17-33(5,6)7/h11-14,24,27H,2-4,8-10,16H2,1,5-7H3,(H,28,31)(H,29,30)/t24-/m1/s1. The van der Waals surface area contributed by atoms with E-state index >= 15 is 0 Å². The Balaban J connectivity index is 2.97. The maximum absolute atomic E-state index is 13.4. The minimum Gasteiger partial charge on any atom is -0.449 e. The highest BCUT2D eigenvalue weighted by Crippen LogP contribution is 2.23. The molecule has 3 N–H and O–H groups in total. The van der Waals surface area contributed by atoms with Crippen LogP contribution in [0.25, 0.3) is 0 Å². The lowest BCUT2D eigenvalue weighted by molar-refractivity contribution is -0.116. The second-order valence-corrected chi connectivity index (χ2v) is 13.3. The Kier molecular flexibility index (Phi) is 11.2. The zero-order valence-corrected chi connectivity index (χ0v) is 20.9. The van der Waals surface area contributed by atoms with Crippen LogP contribution in [0.15, 0.2) is 61.2 Å². The molecule has 0 fully saturated rings. The Morgan fingerprint density at radius 2 is 1.76 bits per heavy atom. The molecule has 0 heterocycles. The molecule has 8 heteroatoms. The van der Waals surface area contributed by atoms with Crippen molar-refractivity contribution in [3.05, 3.63) is 66.8 Å². The van der Waals surface area contributed by atoms with Crippen molar-refractivity contribution in [2.45, 2.75) is 51.9 Å². The highest BCUT2D eigenvalue weighted by molar-refractivity contribution is 6.84. The SMILES string of the molecule is C=C(F)C(=C)NC(=C)[C@@H](NC(=O)C#C[Si](C)(C)C)c1ccc(NC(=O)OCCCCC)cc1. The van der Waals surface area contributed by atoms with E-state index in [9.17, 15) is 14.0 Å². The zero-order chi connectivity index (χ0) is 25.0. The summed E-state index contributed by atoms with van der Waals surface area (Å²) in [7, 11) is -1.74. The van der Waals surface area contributed by atoms with E-state index in [4.69, 9.17) is 4.74 Å². The lowest BCUT2D eigenvalue weighted by Gasteiger charge is -2.22. The maximum atomic E-state index is 13.4. The molecule has 178 valence electrons. The fourth-order valence-corrected chi connectivity index (χ4v) is 3.04. The molecule has 33 heavy (non-hydrogen) atoms. The van der Waals surface area contributed by atoms with Crippen molar-refractivity contribution in [1.82, 2.24) is 10.6 Å². The fourth-order valence-electron chi connectivity index (χ4n) is 2.55. The summed E-state index contributed by atoms with van der Waals surface area (Å²) in [6.45, 7) is 19.2. The van der Waals surface area contributed by atoms with Crippen molar-refractivity contribution < 1.29 is 18.7 Å². The van der Waals surface area contributed by atoms with Gasteiger partial charge >= 0.3 is 6.09 Å². The van der Waals surface area contributed by atoms with Crippen LogP contribution in [0.1, 0.15) is 37.8 Å². The summed E-state index contributed by atoms with van der Waals surface area (Å²) in [5.41, 5.74) is 4.41. The van der Waals surface area contributed by atoms with Gasteiger partial charge in [-0.2, -0.15) is 0 Å². The van der Waals surface area contributed by atoms with Gasteiger partial charge in [-0.05, 0) is 30.0 Å². The van der Waals surface area contributed by atoms with Crippen LogP contribution in [0.3, 0.4) is 0 Å². The number of nitrogens with one attached hydrogen (secondary N) is 3. The Morgan fingerprint density at radius 1 is 1.12 bits per heavy atom. The average Bonchev–Trinajstić information content (AvgIpc) is 2.73. The molecule has 1 aromatic carbocycles. The largest absolute Gasteiger partial charge is 0.449 e. The fraction of sp³-hybridized carbons (Fsp3) is 0.360. The van der Waals surface area contributed by atoms with Crippen molar-refractivity contribution >= 4 is 25.8 Å². The molecule has 1 rings (SSSR count). The second-order valence-electron chi connectivity index (χ2n) is 8.53. The molecule has 0 saturated heterocycles. The minimum atomic E-state index is -1.74. The first kappa shape index (κ1) is 27.7. The molecule has 0 aliphatic carbocycles. The number of ether oxygens (including phenoxy) is 1. The summed E-state index contributed by atoms with van der Waals surface area (Å²) in [5.74, 6) is 1.41. The minimum absolute atomic E-state index is 0.0588. The number of unbranched alkanes of at least 4 members (excludes halogenated alkanes) is 2. The van der Waals surface area contributed by atoms with E-state index in [2.05, 4.69) is 54.1 Å². The lowest BCUT2D eigenvalue weighted by Crippen LogP contribution is -2.33. The van der Waals surface area contributed by atoms with Gasteiger partial charge in [0, 0.05) is 11.4 Å². The van der Waals surface area contributed by atoms with E-state index in [-0.39, 0.29) is 11.4 Å². The normalized spacial score (nSPS) is 11.3. The molecular formula is C25H34FN3O3Si. The van der Waals surface area contributed by atoms with Crippen LogP contribution < -0.4 is 16.0 Å². The number of hydrogen-bond donors (Lipinski definition) is 3. The third kappa shape index (κ3) is 11.2. The maximum Gasteiger partial charge on any atom is 0.411 e. The first-order valence-corrected chi connectivity index (χ1v) is 14.3. The molecule has 2 amide bonds. The molecule has 1 atom stereocenters. The zero-order valence-electron chi connectivity index (χ0n) is 19.9. The molecule has 0 aliphatic heterocycles. The lowest BCUT2D eigenvalue weighted by atomic mass is 10.0. The van der Waals surface area contributed by atoms with Gasteiger partial charge in [-0.15, -0.1) is 5.54 Å². The quantitative estimate of drug-likeness (QED) is 0.171. The Bertz CT molecular complexity index is 940. The summed E-state index contributed by atoms with van der Waals surface area (Å²) < 4.78 is 18.5. The van der Waals surface area contributed by atoms with Crippen molar-refractivity contribution in [2.75, 3.05) is 11.9 Å². The van der Waals surface area contributed by atoms with Crippen LogP contribution in [0.5, 0.6) is 0 Å². The second kappa shape index (κ2) is 13.3. The molecule has 0 bridgehead atoms. The summed E-state index contributed by atoms with van der Waals surface area (Å²) >= 11 is 0. The first-order chi connectivity index (χ1) is 15.4. The number of halogens is 1. The number of amides is 2. The highest BCUT2D eigenvalue weighted by atomic mass is 28.3. The highest BCUT2D eigenvalue weighted by Gasteiger charge is 2.19. The van der Waals surface area contributed by atoms with Crippen molar-refractivity contribution in [1.29, 1.82) is 0 Å². The van der Waals surface area contributed by atoms with E-state index in [0.29, 0.717) is 17.9 Å². The first-order valence-electron chi connectivity index (χ1n) is 10.8. The van der Waals surface area contributed by atoms with Crippen LogP contribution >= 0.6 is 0 Å². The molecule has 0 unspecified atom stereocenters. The number of allylic oxidation sites excluding steroid dienone is 1. The monoisotopic (exact) mass is 471 g/mol. The Hall–Kier alpha value is -3.31. The van der Waals surface area contributed by atoms with Crippen molar-refractivity contribution in [3.63, 3.8) is 0 Å². The smallest absolute Gasteiger partial charge is 0.411 e. The van der Waals surface area contributed by atoms with Gasteiger partial charge in [0.25, 0.3) is 5.91 Å². The predicted molar refractivity (Wildman–Crippen MR) is 135 cm³/mol. The molecule has 0 aromatic heterocycles. The van der Waals surface area contributed by atoms with E-state index in [0.717, 1.165) is 19.3 Å². The van der Waals surface area contributed by atoms with Crippen LogP contribution in [0.4, 0.5) is 14.9 Å². The van der Waals surface area contributed by atoms with Crippen LogP contribution in [-0.4, -0.2) is 26.7 Å². The number of anilines is 1. The van der Waals surface area contributed by atoms with E-state index in [1.54, 1.807) is 24.3 Å². The molecule has 0 saturated carbocycles. The van der Waals surface area contributed by atoms with Gasteiger partial charge in [-0.1, -0.05) is 71.3 Å². The number of rotatable bonds is 11.